The molecule has 1 heterocycles. The smallest absolute Gasteiger partial charge is 0.228 e. The summed E-state index contributed by atoms with van der Waals surface area (Å²) in [5, 5.41) is 2.95. The van der Waals surface area contributed by atoms with Crippen LogP contribution >= 0.6 is 0 Å². The maximum absolute atomic E-state index is 12.1. The molecule has 17 heavy (non-hydrogen) atoms. The molecule has 0 aliphatic heterocycles. The number of aryl methyl sites for hydroxylation is 1. The quantitative estimate of drug-likeness (QED) is 0.848. The molecule has 3 atom stereocenters. The zero-order valence-electron chi connectivity index (χ0n) is 10.1. The summed E-state index contributed by atoms with van der Waals surface area (Å²) in [6, 6.07) is 3.85. The van der Waals surface area contributed by atoms with Crippen LogP contribution in [0, 0.1) is 24.7 Å². The number of rotatable bonds is 2. The average molecular weight is 230 g/mol. The highest BCUT2D eigenvalue weighted by molar-refractivity contribution is 5.92. The van der Waals surface area contributed by atoms with E-state index < -0.39 is 0 Å². The molecule has 2 bridgehead atoms. The zero-order chi connectivity index (χ0) is 11.8. The molecule has 0 unspecified atom stereocenters. The Hall–Kier alpha value is -1.38. The minimum absolute atomic E-state index is 0.175. The lowest BCUT2D eigenvalue weighted by molar-refractivity contribution is -0.121. The Morgan fingerprint density at radius 3 is 2.82 bits per heavy atom. The third-order valence-corrected chi connectivity index (χ3v) is 4.24. The molecule has 0 radical (unpaired) electrons. The molecule has 0 spiro atoms. The van der Waals surface area contributed by atoms with E-state index in [1.54, 1.807) is 6.20 Å². The van der Waals surface area contributed by atoms with Gasteiger partial charge in [-0.2, -0.15) is 0 Å². The van der Waals surface area contributed by atoms with E-state index in [1.807, 2.05) is 19.1 Å². The van der Waals surface area contributed by atoms with Gasteiger partial charge in [0.1, 0.15) is 5.82 Å². The Balaban J connectivity index is 1.65. The first-order valence-corrected chi connectivity index (χ1v) is 6.46. The van der Waals surface area contributed by atoms with Crippen molar-refractivity contribution in [1.29, 1.82) is 0 Å². The lowest BCUT2D eigenvalue weighted by Crippen LogP contribution is -2.27. The van der Waals surface area contributed by atoms with Gasteiger partial charge in [0.05, 0.1) is 0 Å². The minimum atomic E-state index is 0.175. The molecule has 2 saturated carbocycles. The van der Waals surface area contributed by atoms with Crippen molar-refractivity contribution in [2.75, 3.05) is 5.32 Å². The topological polar surface area (TPSA) is 42.0 Å². The van der Waals surface area contributed by atoms with Crippen LogP contribution in [0.1, 0.15) is 31.2 Å². The fourth-order valence-electron chi connectivity index (χ4n) is 3.33. The summed E-state index contributed by atoms with van der Waals surface area (Å²) in [6.07, 6.45) is 6.71. The molecule has 1 aromatic heterocycles. The molecule has 3 nitrogen and oxygen atoms in total. The zero-order valence-corrected chi connectivity index (χ0v) is 10.1. The van der Waals surface area contributed by atoms with Gasteiger partial charge in [-0.25, -0.2) is 4.98 Å². The summed E-state index contributed by atoms with van der Waals surface area (Å²) in [4.78, 5) is 16.4. The van der Waals surface area contributed by atoms with E-state index in [1.165, 1.54) is 19.3 Å². The fourth-order valence-corrected chi connectivity index (χ4v) is 3.33. The van der Waals surface area contributed by atoms with Crippen LogP contribution in [0.5, 0.6) is 0 Å². The lowest BCUT2D eigenvalue weighted by atomic mass is 9.88. The number of pyridine rings is 1. The number of amides is 1. The molecule has 3 heteroatoms. The first-order valence-electron chi connectivity index (χ1n) is 6.46. The SMILES string of the molecule is Cc1ccc(NC(=O)[C@@H]2C[C@@H]3CC[C@@H]2C3)nc1. The highest BCUT2D eigenvalue weighted by atomic mass is 16.2. The molecule has 1 amide bonds. The first-order chi connectivity index (χ1) is 8.22. The van der Waals surface area contributed by atoms with Gasteiger partial charge in [0.15, 0.2) is 0 Å². The summed E-state index contributed by atoms with van der Waals surface area (Å²) in [5.41, 5.74) is 1.11. The van der Waals surface area contributed by atoms with Crippen LogP contribution in [0.3, 0.4) is 0 Å². The van der Waals surface area contributed by atoms with E-state index in [9.17, 15) is 4.79 Å². The van der Waals surface area contributed by atoms with Gasteiger partial charge in [0.25, 0.3) is 0 Å². The van der Waals surface area contributed by atoms with Crippen molar-refractivity contribution in [3.63, 3.8) is 0 Å². The second-order valence-corrected chi connectivity index (χ2v) is 5.49. The van der Waals surface area contributed by atoms with Crippen molar-refractivity contribution in [2.24, 2.45) is 17.8 Å². The van der Waals surface area contributed by atoms with E-state index in [0.29, 0.717) is 11.7 Å². The largest absolute Gasteiger partial charge is 0.310 e. The summed E-state index contributed by atoms with van der Waals surface area (Å²) in [7, 11) is 0. The highest BCUT2D eigenvalue weighted by Gasteiger charge is 2.43. The molecule has 3 rings (SSSR count). The molecule has 90 valence electrons. The third kappa shape index (κ3) is 2.06. The van der Waals surface area contributed by atoms with E-state index in [2.05, 4.69) is 10.3 Å². The van der Waals surface area contributed by atoms with Crippen LogP contribution in [0.2, 0.25) is 0 Å². The van der Waals surface area contributed by atoms with Crippen LogP contribution in [0.4, 0.5) is 5.82 Å². The molecule has 2 fully saturated rings. The predicted octanol–water partition coefficient (Wildman–Crippen LogP) is 2.76. The normalized spacial score (nSPS) is 30.5. The Kier molecular flexibility index (Phi) is 2.61. The molecule has 1 N–H and O–H groups in total. The summed E-state index contributed by atoms with van der Waals surface area (Å²) >= 11 is 0. The standard InChI is InChI=1S/C14H18N2O/c1-9-2-5-13(15-8-9)16-14(17)12-7-10-3-4-11(12)6-10/h2,5,8,10-12H,3-4,6-7H2,1H3,(H,15,16,17)/t10-,11-,12-/m1/s1. The predicted molar refractivity (Wildman–Crippen MR) is 66.5 cm³/mol. The monoisotopic (exact) mass is 230 g/mol. The van der Waals surface area contributed by atoms with Gasteiger partial charge in [-0.3, -0.25) is 4.79 Å². The number of nitrogens with zero attached hydrogens (tertiary/aromatic N) is 1. The Bertz CT molecular complexity index is 426. The number of hydrogen-bond donors (Lipinski definition) is 1. The number of hydrogen-bond acceptors (Lipinski definition) is 2. The third-order valence-electron chi connectivity index (χ3n) is 4.24. The summed E-state index contributed by atoms with van der Waals surface area (Å²) in [6.45, 7) is 1.99. The van der Waals surface area contributed by atoms with Crippen LogP contribution in [0.15, 0.2) is 18.3 Å². The Labute approximate surface area is 102 Å². The lowest BCUT2D eigenvalue weighted by Gasteiger charge is -2.20. The van der Waals surface area contributed by atoms with Crippen LogP contribution < -0.4 is 5.32 Å². The van der Waals surface area contributed by atoms with Crippen molar-refractivity contribution < 1.29 is 4.79 Å². The van der Waals surface area contributed by atoms with Crippen LogP contribution in [0.25, 0.3) is 0 Å². The summed E-state index contributed by atoms with van der Waals surface area (Å²) < 4.78 is 0. The average Bonchev–Trinajstić information content (AvgIpc) is 2.94. The molecular formula is C14H18N2O. The maximum Gasteiger partial charge on any atom is 0.228 e. The molecule has 2 aliphatic carbocycles. The van der Waals surface area contributed by atoms with Crippen molar-refractivity contribution in [2.45, 2.75) is 32.6 Å². The second-order valence-electron chi connectivity index (χ2n) is 5.49. The molecule has 0 saturated heterocycles. The molecule has 1 aromatic rings. The molecule has 0 aromatic carbocycles. The maximum atomic E-state index is 12.1. The van der Waals surface area contributed by atoms with Crippen molar-refractivity contribution in [3.8, 4) is 0 Å². The van der Waals surface area contributed by atoms with Crippen molar-refractivity contribution >= 4 is 11.7 Å². The van der Waals surface area contributed by atoms with E-state index in [-0.39, 0.29) is 11.8 Å². The number of fused-ring (bicyclic) bond motifs is 2. The first kappa shape index (κ1) is 10.8. The fraction of sp³-hybridized carbons (Fsp3) is 0.571. The van der Waals surface area contributed by atoms with E-state index in [4.69, 9.17) is 0 Å². The number of carbonyl (C=O) groups is 1. The summed E-state index contributed by atoms with van der Waals surface area (Å²) in [5.74, 6) is 2.53. The Morgan fingerprint density at radius 2 is 2.24 bits per heavy atom. The van der Waals surface area contributed by atoms with E-state index >= 15 is 0 Å². The number of aromatic nitrogens is 1. The van der Waals surface area contributed by atoms with Gasteiger partial charge >= 0.3 is 0 Å². The Morgan fingerprint density at radius 1 is 1.35 bits per heavy atom. The van der Waals surface area contributed by atoms with Gasteiger partial charge in [0.2, 0.25) is 5.91 Å². The van der Waals surface area contributed by atoms with Crippen molar-refractivity contribution in [1.82, 2.24) is 4.98 Å². The number of carbonyl (C=O) groups excluding carboxylic acids is 1. The second kappa shape index (κ2) is 4.13. The van der Waals surface area contributed by atoms with Gasteiger partial charge in [-0.15, -0.1) is 0 Å². The van der Waals surface area contributed by atoms with Crippen LogP contribution in [-0.2, 0) is 4.79 Å². The van der Waals surface area contributed by atoms with Gasteiger partial charge in [-0.1, -0.05) is 12.5 Å². The van der Waals surface area contributed by atoms with Gasteiger partial charge in [0, 0.05) is 12.1 Å². The van der Waals surface area contributed by atoms with Gasteiger partial charge < -0.3 is 5.32 Å². The number of nitrogens with one attached hydrogen (secondary N) is 1. The molecular weight excluding hydrogens is 212 g/mol. The van der Waals surface area contributed by atoms with E-state index in [0.717, 1.165) is 17.9 Å². The molecule has 2 aliphatic rings. The highest BCUT2D eigenvalue weighted by Crippen LogP contribution is 2.48. The minimum Gasteiger partial charge on any atom is -0.310 e. The number of anilines is 1. The van der Waals surface area contributed by atoms with Crippen molar-refractivity contribution in [3.05, 3.63) is 23.9 Å². The van der Waals surface area contributed by atoms with Crippen LogP contribution in [-0.4, -0.2) is 10.9 Å². The van der Waals surface area contributed by atoms with Gasteiger partial charge in [-0.05, 0) is 49.7 Å².